The van der Waals surface area contributed by atoms with Crippen LogP contribution in [0.25, 0.3) is 0 Å². The van der Waals surface area contributed by atoms with Gasteiger partial charge in [-0.1, -0.05) is 38.5 Å². The maximum atomic E-state index is 10.8. The van der Waals surface area contributed by atoms with Gasteiger partial charge in [0.2, 0.25) is 0 Å². The molecule has 0 aromatic rings. The van der Waals surface area contributed by atoms with Crippen molar-refractivity contribution >= 4 is 5.97 Å². The Balaban J connectivity index is 4.08. The van der Waals surface area contributed by atoms with Crippen molar-refractivity contribution in [1.29, 1.82) is 0 Å². The van der Waals surface area contributed by atoms with Crippen LogP contribution in [-0.4, -0.2) is 19.2 Å². The van der Waals surface area contributed by atoms with E-state index in [0.717, 1.165) is 32.1 Å². The molecule has 0 aliphatic rings. The van der Waals surface area contributed by atoms with Crippen molar-refractivity contribution in [3.63, 3.8) is 0 Å². The molecule has 0 heterocycles. The third-order valence-corrected chi connectivity index (χ3v) is 2.12. The van der Waals surface area contributed by atoms with E-state index in [9.17, 15) is 4.79 Å². The van der Waals surface area contributed by atoms with Crippen molar-refractivity contribution in [3.05, 3.63) is 12.3 Å². The zero-order valence-electron chi connectivity index (χ0n) is 11.0. The number of ether oxygens (including phenoxy) is 2. The predicted octanol–water partition coefficient (Wildman–Crippen LogP) is 3.05. The van der Waals surface area contributed by atoms with Gasteiger partial charge < -0.3 is 9.47 Å². The van der Waals surface area contributed by atoms with Gasteiger partial charge in [0.15, 0.2) is 6.10 Å². The Bertz CT molecular complexity index is 284. The van der Waals surface area contributed by atoms with Gasteiger partial charge in [-0.3, -0.25) is 0 Å². The first-order valence-corrected chi connectivity index (χ1v) is 6.12. The van der Waals surface area contributed by atoms with Crippen LogP contribution < -0.4 is 0 Å². The van der Waals surface area contributed by atoms with Gasteiger partial charge in [-0.15, -0.1) is 0 Å². The fraction of sp³-hybridized carbons (Fsp3) is 0.643. The van der Waals surface area contributed by atoms with Gasteiger partial charge in [0.05, 0.1) is 19.4 Å². The van der Waals surface area contributed by atoms with Crippen molar-refractivity contribution in [2.24, 2.45) is 0 Å². The van der Waals surface area contributed by atoms with E-state index in [1.54, 1.807) is 0 Å². The van der Waals surface area contributed by atoms with Crippen molar-refractivity contribution in [2.45, 2.75) is 52.1 Å². The molecule has 0 amide bonds. The van der Waals surface area contributed by atoms with E-state index in [1.807, 2.05) is 0 Å². The van der Waals surface area contributed by atoms with E-state index < -0.39 is 5.97 Å². The summed E-state index contributed by atoms with van der Waals surface area (Å²) < 4.78 is 9.84. The second kappa shape index (κ2) is 11.1. The molecule has 96 valence electrons. The molecule has 0 radical (unpaired) electrons. The molecule has 3 heteroatoms. The van der Waals surface area contributed by atoms with Crippen LogP contribution in [0.3, 0.4) is 0 Å². The molecule has 0 aromatic heterocycles. The van der Waals surface area contributed by atoms with E-state index in [4.69, 9.17) is 4.74 Å². The number of esters is 1. The fourth-order valence-electron chi connectivity index (χ4n) is 1.15. The summed E-state index contributed by atoms with van der Waals surface area (Å²) in [6.45, 7) is 4.22. The largest absolute Gasteiger partial charge is 0.485 e. The highest BCUT2D eigenvalue weighted by Gasteiger charge is 2.01. The van der Waals surface area contributed by atoms with Crippen LogP contribution in [-0.2, 0) is 14.3 Å². The lowest BCUT2D eigenvalue weighted by Crippen LogP contribution is -2.06. The number of hydrogen-bond donors (Lipinski definition) is 0. The molecule has 0 bridgehead atoms. The Morgan fingerprint density at radius 3 is 2.71 bits per heavy atom. The fourth-order valence-corrected chi connectivity index (χ4v) is 1.15. The standard InChI is InChI=1S/C14H22O3/c1-4-6-7-8-10-13(9-5-2)17-12-11-14(15)16-3/h11-13H,4-7,9H2,1-3H3/b12-11+. The van der Waals surface area contributed by atoms with Crippen molar-refractivity contribution < 1.29 is 14.3 Å². The molecular weight excluding hydrogens is 216 g/mol. The molecule has 1 atom stereocenters. The Labute approximate surface area is 104 Å². The van der Waals surface area contributed by atoms with E-state index in [1.165, 1.54) is 19.4 Å². The number of hydrogen-bond acceptors (Lipinski definition) is 3. The summed E-state index contributed by atoms with van der Waals surface area (Å²) >= 11 is 0. The van der Waals surface area contributed by atoms with E-state index in [0.29, 0.717) is 0 Å². The van der Waals surface area contributed by atoms with E-state index >= 15 is 0 Å². The number of methoxy groups -OCH3 is 1. The topological polar surface area (TPSA) is 35.5 Å². The minimum absolute atomic E-state index is 0.127. The quantitative estimate of drug-likeness (QED) is 0.225. The third kappa shape index (κ3) is 9.50. The SMILES string of the molecule is CCCCC#CC(CCC)O/C=C/C(=O)OC. The van der Waals surface area contributed by atoms with Crippen LogP contribution in [0.1, 0.15) is 46.0 Å². The summed E-state index contributed by atoms with van der Waals surface area (Å²) in [6, 6.07) is 0. The number of carbonyl (C=O) groups excluding carboxylic acids is 1. The monoisotopic (exact) mass is 238 g/mol. The first kappa shape index (κ1) is 15.6. The molecule has 3 nitrogen and oxygen atoms in total. The highest BCUT2D eigenvalue weighted by Crippen LogP contribution is 2.02. The number of unbranched alkanes of at least 4 members (excludes halogenated alkanes) is 2. The number of carbonyl (C=O) groups is 1. The highest BCUT2D eigenvalue weighted by molar-refractivity contribution is 5.81. The molecule has 0 rings (SSSR count). The Morgan fingerprint density at radius 1 is 1.35 bits per heavy atom. The maximum Gasteiger partial charge on any atom is 0.333 e. The smallest absolute Gasteiger partial charge is 0.333 e. The van der Waals surface area contributed by atoms with Gasteiger partial charge in [-0.2, -0.15) is 0 Å². The molecule has 0 fully saturated rings. The molecule has 17 heavy (non-hydrogen) atoms. The van der Waals surface area contributed by atoms with E-state index in [2.05, 4.69) is 30.4 Å². The van der Waals surface area contributed by atoms with Crippen LogP contribution in [0.5, 0.6) is 0 Å². The van der Waals surface area contributed by atoms with Crippen molar-refractivity contribution in [1.82, 2.24) is 0 Å². The van der Waals surface area contributed by atoms with Crippen LogP contribution in [0.15, 0.2) is 12.3 Å². The normalized spacial score (nSPS) is 11.7. The highest BCUT2D eigenvalue weighted by atomic mass is 16.5. The summed E-state index contributed by atoms with van der Waals surface area (Å²) in [7, 11) is 1.33. The second-order valence-electron chi connectivity index (χ2n) is 3.66. The average Bonchev–Trinajstić information content (AvgIpc) is 2.34. The zero-order valence-corrected chi connectivity index (χ0v) is 11.0. The van der Waals surface area contributed by atoms with Crippen LogP contribution in [0.4, 0.5) is 0 Å². The summed E-state index contributed by atoms with van der Waals surface area (Å²) in [5, 5.41) is 0. The van der Waals surface area contributed by atoms with Crippen molar-refractivity contribution in [3.8, 4) is 11.8 Å². The first-order chi connectivity index (χ1) is 8.24. The molecule has 0 saturated carbocycles. The van der Waals surface area contributed by atoms with Crippen LogP contribution in [0.2, 0.25) is 0 Å². The predicted molar refractivity (Wildman–Crippen MR) is 68.2 cm³/mol. The molecule has 0 aliphatic carbocycles. The third-order valence-electron chi connectivity index (χ3n) is 2.12. The Morgan fingerprint density at radius 2 is 2.12 bits per heavy atom. The molecule has 0 aliphatic heterocycles. The average molecular weight is 238 g/mol. The molecule has 0 N–H and O–H groups in total. The molecule has 0 saturated heterocycles. The minimum Gasteiger partial charge on any atom is -0.485 e. The second-order valence-corrected chi connectivity index (χ2v) is 3.66. The number of rotatable bonds is 7. The molecular formula is C14H22O3. The van der Waals surface area contributed by atoms with Gasteiger partial charge in [0.25, 0.3) is 0 Å². The van der Waals surface area contributed by atoms with Gasteiger partial charge in [0, 0.05) is 6.42 Å². The lowest BCUT2D eigenvalue weighted by molar-refractivity contribution is -0.135. The van der Waals surface area contributed by atoms with Gasteiger partial charge in [-0.05, 0) is 12.8 Å². The van der Waals surface area contributed by atoms with Crippen molar-refractivity contribution in [2.75, 3.05) is 7.11 Å². The minimum atomic E-state index is -0.417. The zero-order chi connectivity index (χ0) is 12.9. The summed E-state index contributed by atoms with van der Waals surface area (Å²) in [5.41, 5.74) is 0. The molecule has 1 unspecified atom stereocenters. The van der Waals surface area contributed by atoms with E-state index in [-0.39, 0.29) is 6.10 Å². The molecule has 0 aromatic carbocycles. The lowest BCUT2D eigenvalue weighted by atomic mass is 10.2. The Kier molecular flexibility index (Phi) is 10.1. The van der Waals surface area contributed by atoms with Crippen LogP contribution >= 0.6 is 0 Å². The lowest BCUT2D eigenvalue weighted by Gasteiger charge is -2.08. The Hall–Kier alpha value is -1.43. The summed E-state index contributed by atoms with van der Waals surface area (Å²) in [5.74, 6) is 5.75. The van der Waals surface area contributed by atoms with Crippen LogP contribution in [0, 0.1) is 11.8 Å². The molecule has 0 spiro atoms. The first-order valence-electron chi connectivity index (χ1n) is 6.12. The summed E-state index contributed by atoms with van der Waals surface area (Å²) in [6.07, 6.45) is 7.53. The maximum absolute atomic E-state index is 10.8. The van der Waals surface area contributed by atoms with Gasteiger partial charge >= 0.3 is 5.97 Å². The summed E-state index contributed by atoms with van der Waals surface area (Å²) in [4.78, 5) is 10.8. The van der Waals surface area contributed by atoms with Gasteiger partial charge in [-0.25, -0.2) is 4.79 Å². The van der Waals surface area contributed by atoms with Gasteiger partial charge in [0.1, 0.15) is 0 Å².